The van der Waals surface area contributed by atoms with Gasteiger partial charge in [0.05, 0.1) is 18.4 Å². The molecule has 0 radical (unpaired) electrons. The predicted molar refractivity (Wildman–Crippen MR) is 39.3 cm³/mol. The molecule has 0 aliphatic heterocycles. The lowest BCUT2D eigenvalue weighted by molar-refractivity contribution is 0.100. The zero-order valence-corrected chi connectivity index (χ0v) is 6.06. The second-order valence-electron chi connectivity index (χ2n) is 1.64. The summed E-state index contributed by atoms with van der Waals surface area (Å²) in [5, 5.41) is 0. The third kappa shape index (κ3) is 1.86. The Kier molecular flexibility index (Phi) is 3.76. The monoisotopic (exact) mass is 161 g/mol. The zero-order valence-electron chi connectivity index (χ0n) is 5.24. The van der Waals surface area contributed by atoms with Gasteiger partial charge in [0, 0.05) is 0 Å². The average Bonchev–Trinajstić information content (AvgIpc) is 2.37. The number of hydrogen-bond donors (Lipinski definition) is 1. The van der Waals surface area contributed by atoms with Crippen LogP contribution in [-0.2, 0) is 0 Å². The van der Waals surface area contributed by atoms with Gasteiger partial charge in [-0.25, -0.2) is 0 Å². The van der Waals surface area contributed by atoms with Gasteiger partial charge in [-0.15, -0.1) is 12.4 Å². The van der Waals surface area contributed by atoms with Gasteiger partial charge in [0.1, 0.15) is 6.26 Å². The summed E-state index contributed by atoms with van der Waals surface area (Å²) in [5.41, 5.74) is 5.61. The van der Waals surface area contributed by atoms with Crippen molar-refractivity contribution in [3.8, 4) is 0 Å². The Bertz CT molecular complexity index is 196. The Hall–Kier alpha value is -0.800. The van der Waals surface area contributed by atoms with Crippen LogP contribution in [0.5, 0.6) is 0 Å². The summed E-state index contributed by atoms with van der Waals surface area (Å²) in [6, 6.07) is 1.59. The molecule has 0 spiro atoms. The van der Waals surface area contributed by atoms with Crippen LogP contribution in [0.25, 0.3) is 0 Å². The van der Waals surface area contributed by atoms with Crippen molar-refractivity contribution in [1.29, 1.82) is 0 Å². The van der Waals surface area contributed by atoms with Crippen molar-refractivity contribution in [3.05, 3.63) is 24.2 Å². The van der Waals surface area contributed by atoms with Crippen LogP contribution in [0, 0.1) is 0 Å². The maximum absolute atomic E-state index is 10.7. The highest BCUT2D eigenvalue weighted by molar-refractivity contribution is 5.97. The van der Waals surface area contributed by atoms with Gasteiger partial charge in [0.25, 0.3) is 0 Å². The molecule has 3 nitrogen and oxygen atoms in total. The smallest absolute Gasteiger partial charge is 0.179 e. The van der Waals surface area contributed by atoms with Crippen molar-refractivity contribution in [3.63, 3.8) is 0 Å². The van der Waals surface area contributed by atoms with Gasteiger partial charge in [0.15, 0.2) is 5.78 Å². The van der Waals surface area contributed by atoms with E-state index in [-0.39, 0.29) is 24.7 Å². The minimum atomic E-state index is -0.0937. The van der Waals surface area contributed by atoms with Crippen LogP contribution in [0.3, 0.4) is 0 Å². The van der Waals surface area contributed by atoms with E-state index in [9.17, 15) is 4.79 Å². The summed E-state index contributed by atoms with van der Waals surface area (Å²) in [5.74, 6) is -0.0937. The molecule has 1 aromatic rings. The molecule has 0 amide bonds. The van der Waals surface area contributed by atoms with Gasteiger partial charge in [-0.3, -0.25) is 4.79 Å². The molecule has 56 valence electrons. The normalized spacial score (nSPS) is 8.50. The van der Waals surface area contributed by atoms with Crippen LogP contribution in [0.4, 0.5) is 0 Å². The van der Waals surface area contributed by atoms with Gasteiger partial charge in [0.2, 0.25) is 0 Å². The van der Waals surface area contributed by atoms with Gasteiger partial charge in [-0.1, -0.05) is 0 Å². The fourth-order valence-electron chi connectivity index (χ4n) is 0.541. The Balaban J connectivity index is 0.000000810. The summed E-state index contributed by atoms with van der Waals surface area (Å²) in [7, 11) is 0. The van der Waals surface area contributed by atoms with Crippen molar-refractivity contribution in [2.24, 2.45) is 5.73 Å². The second-order valence-corrected chi connectivity index (χ2v) is 1.64. The summed E-state index contributed by atoms with van der Waals surface area (Å²) < 4.78 is 4.66. The van der Waals surface area contributed by atoms with Crippen LogP contribution in [0.2, 0.25) is 0 Å². The number of carbonyl (C=O) groups is 1. The molecule has 0 fully saturated rings. The molecule has 1 aromatic heterocycles. The number of carbonyl (C=O) groups excluding carboxylic acids is 1. The van der Waals surface area contributed by atoms with Crippen LogP contribution >= 0.6 is 12.4 Å². The van der Waals surface area contributed by atoms with E-state index in [0.717, 1.165) is 0 Å². The first-order chi connectivity index (χ1) is 4.34. The lowest BCUT2D eigenvalue weighted by atomic mass is 10.2. The fourth-order valence-corrected chi connectivity index (χ4v) is 0.541. The van der Waals surface area contributed by atoms with Crippen LogP contribution in [0.1, 0.15) is 10.4 Å². The van der Waals surface area contributed by atoms with E-state index in [1.165, 1.54) is 12.5 Å². The Morgan fingerprint density at radius 2 is 2.40 bits per heavy atom. The standard InChI is InChI=1S/C6H7NO2.ClH/c7-3-6(8)5-1-2-9-4-5;/h1-2,4H,3,7H2;1H. The highest BCUT2D eigenvalue weighted by atomic mass is 35.5. The fraction of sp³-hybridized carbons (Fsp3) is 0.167. The molecule has 0 aromatic carbocycles. The molecule has 1 heterocycles. The molecule has 0 bridgehead atoms. The van der Waals surface area contributed by atoms with Crippen molar-refractivity contribution >= 4 is 18.2 Å². The Morgan fingerprint density at radius 3 is 2.80 bits per heavy atom. The van der Waals surface area contributed by atoms with Crippen LogP contribution in [-0.4, -0.2) is 12.3 Å². The van der Waals surface area contributed by atoms with Crippen molar-refractivity contribution in [1.82, 2.24) is 0 Å². The van der Waals surface area contributed by atoms with E-state index in [1.54, 1.807) is 6.07 Å². The molecule has 0 aliphatic carbocycles. The number of nitrogens with two attached hydrogens (primary N) is 1. The zero-order chi connectivity index (χ0) is 6.69. The number of ketones is 1. The Morgan fingerprint density at radius 1 is 1.70 bits per heavy atom. The first-order valence-corrected chi connectivity index (χ1v) is 2.60. The molecule has 4 heteroatoms. The molecule has 10 heavy (non-hydrogen) atoms. The molecule has 0 atom stereocenters. The van der Waals surface area contributed by atoms with E-state index in [1.807, 2.05) is 0 Å². The second kappa shape index (κ2) is 4.09. The van der Waals surface area contributed by atoms with E-state index < -0.39 is 0 Å². The average molecular weight is 162 g/mol. The van der Waals surface area contributed by atoms with E-state index >= 15 is 0 Å². The van der Waals surface area contributed by atoms with Gasteiger partial charge >= 0.3 is 0 Å². The summed E-state index contributed by atoms with van der Waals surface area (Å²) in [6.45, 7) is 0.0412. The quantitative estimate of drug-likeness (QED) is 0.654. The van der Waals surface area contributed by atoms with E-state index in [4.69, 9.17) is 5.73 Å². The molecule has 0 unspecified atom stereocenters. The summed E-state index contributed by atoms with van der Waals surface area (Å²) in [6.07, 6.45) is 2.83. The number of halogens is 1. The maximum atomic E-state index is 10.7. The van der Waals surface area contributed by atoms with Gasteiger partial charge in [-0.2, -0.15) is 0 Å². The largest absolute Gasteiger partial charge is 0.472 e. The number of hydrogen-bond acceptors (Lipinski definition) is 3. The first-order valence-electron chi connectivity index (χ1n) is 2.60. The first kappa shape index (κ1) is 9.20. The highest BCUT2D eigenvalue weighted by Gasteiger charge is 2.01. The highest BCUT2D eigenvalue weighted by Crippen LogP contribution is 1.98. The number of rotatable bonds is 2. The number of Topliss-reactive ketones (excluding diaryl/α,β-unsaturated/α-hetero) is 1. The molecular formula is C6H8ClNO2. The minimum absolute atomic E-state index is 0. The number of furan rings is 1. The molecule has 1 rings (SSSR count). The molecule has 2 N–H and O–H groups in total. The maximum Gasteiger partial charge on any atom is 0.179 e. The summed E-state index contributed by atoms with van der Waals surface area (Å²) in [4.78, 5) is 10.7. The van der Waals surface area contributed by atoms with Gasteiger partial charge < -0.3 is 10.2 Å². The third-order valence-electron chi connectivity index (χ3n) is 1.03. The predicted octanol–water partition coefficient (Wildman–Crippen LogP) is 0.843. The van der Waals surface area contributed by atoms with E-state index in [2.05, 4.69) is 4.42 Å². The lowest BCUT2D eigenvalue weighted by Crippen LogP contribution is -2.12. The van der Waals surface area contributed by atoms with Crippen LogP contribution < -0.4 is 5.73 Å². The topological polar surface area (TPSA) is 56.2 Å². The molecule has 0 saturated carbocycles. The lowest BCUT2D eigenvalue weighted by Gasteiger charge is -1.85. The van der Waals surface area contributed by atoms with E-state index in [0.29, 0.717) is 5.56 Å². The van der Waals surface area contributed by atoms with Crippen LogP contribution in [0.15, 0.2) is 23.0 Å². The molecule has 0 saturated heterocycles. The Labute approximate surface area is 64.6 Å². The van der Waals surface area contributed by atoms with Crippen molar-refractivity contribution in [2.45, 2.75) is 0 Å². The SMILES string of the molecule is Cl.NCC(=O)c1ccoc1. The summed E-state index contributed by atoms with van der Waals surface area (Å²) >= 11 is 0. The minimum Gasteiger partial charge on any atom is -0.472 e. The van der Waals surface area contributed by atoms with Crippen molar-refractivity contribution in [2.75, 3.05) is 6.54 Å². The molecular weight excluding hydrogens is 154 g/mol. The third-order valence-corrected chi connectivity index (χ3v) is 1.03. The molecule has 0 aliphatic rings. The van der Waals surface area contributed by atoms with Crippen molar-refractivity contribution < 1.29 is 9.21 Å². The van der Waals surface area contributed by atoms with Gasteiger partial charge in [-0.05, 0) is 6.07 Å².